The Kier molecular flexibility index (Phi) is 3.47. The molecule has 0 aliphatic heterocycles. The van der Waals surface area contributed by atoms with Gasteiger partial charge < -0.3 is 10.3 Å². The van der Waals surface area contributed by atoms with Crippen molar-refractivity contribution in [1.29, 1.82) is 0 Å². The third kappa shape index (κ3) is 2.55. The Hall–Kier alpha value is -2.07. The lowest BCUT2D eigenvalue weighted by atomic mass is 9.91. The number of hydrogen-bond donors (Lipinski definition) is 2. The molecule has 2 N–H and O–H groups in total. The first-order valence-electron chi connectivity index (χ1n) is 7.70. The number of carbonyl (C=O) groups is 1. The summed E-state index contributed by atoms with van der Waals surface area (Å²) in [6, 6.07) is 12.7. The number of nitrogens with one attached hydrogen (secondary N) is 2. The first kappa shape index (κ1) is 13.6. The number of aromatic amines is 1. The summed E-state index contributed by atoms with van der Waals surface area (Å²) in [5.74, 6) is 0.131. The summed E-state index contributed by atoms with van der Waals surface area (Å²) in [4.78, 5) is 16.8. The molecule has 0 spiro atoms. The summed E-state index contributed by atoms with van der Waals surface area (Å²) in [6.07, 6.45) is 3.45. The van der Waals surface area contributed by atoms with E-state index in [1.54, 1.807) is 11.3 Å². The minimum atomic E-state index is 0.131. The molecule has 112 valence electrons. The molecule has 0 saturated heterocycles. The number of benzene rings is 1. The van der Waals surface area contributed by atoms with Crippen LogP contribution in [0.3, 0.4) is 0 Å². The van der Waals surface area contributed by atoms with Gasteiger partial charge >= 0.3 is 0 Å². The van der Waals surface area contributed by atoms with E-state index in [1.165, 1.54) is 22.2 Å². The summed E-state index contributed by atoms with van der Waals surface area (Å²) >= 11 is 1.64. The molecule has 3 nitrogen and oxygen atoms in total. The van der Waals surface area contributed by atoms with Crippen LogP contribution in [0.4, 0.5) is 0 Å². The van der Waals surface area contributed by atoms with E-state index in [0.717, 1.165) is 24.1 Å². The minimum absolute atomic E-state index is 0.131. The molecular formula is C18H18N2OS. The average Bonchev–Trinajstić information content (AvgIpc) is 3.13. The summed E-state index contributed by atoms with van der Waals surface area (Å²) in [6.45, 7) is 0. The maximum absolute atomic E-state index is 12.1. The van der Waals surface area contributed by atoms with E-state index in [9.17, 15) is 4.79 Å². The maximum atomic E-state index is 12.1. The van der Waals surface area contributed by atoms with Gasteiger partial charge in [0, 0.05) is 33.9 Å². The Morgan fingerprint density at radius 1 is 1.27 bits per heavy atom. The van der Waals surface area contributed by atoms with Crippen LogP contribution in [0, 0.1) is 0 Å². The molecule has 0 saturated carbocycles. The molecule has 3 aromatic rings. The van der Waals surface area contributed by atoms with Gasteiger partial charge in [0.2, 0.25) is 5.91 Å². The lowest BCUT2D eigenvalue weighted by molar-refractivity contribution is -0.121. The quantitative estimate of drug-likeness (QED) is 0.764. The van der Waals surface area contributed by atoms with E-state index in [0.29, 0.717) is 6.42 Å². The first-order chi connectivity index (χ1) is 10.8. The molecule has 1 aliphatic carbocycles. The van der Waals surface area contributed by atoms with Crippen molar-refractivity contribution in [3.8, 4) is 0 Å². The van der Waals surface area contributed by atoms with Crippen molar-refractivity contribution in [3.05, 3.63) is 57.9 Å². The number of thiophene rings is 1. The number of carbonyl (C=O) groups excluding carboxylic acids is 1. The Bertz CT molecular complexity index is 804. The van der Waals surface area contributed by atoms with Crippen molar-refractivity contribution in [2.75, 3.05) is 0 Å². The number of aryl methyl sites for hydroxylation is 1. The molecule has 0 radical (unpaired) electrons. The molecule has 4 heteroatoms. The maximum Gasteiger partial charge on any atom is 0.225 e. The van der Waals surface area contributed by atoms with Crippen LogP contribution < -0.4 is 5.32 Å². The molecule has 0 bridgehead atoms. The van der Waals surface area contributed by atoms with Crippen molar-refractivity contribution in [2.24, 2.45) is 0 Å². The molecule has 2 aromatic heterocycles. The van der Waals surface area contributed by atoms with Crippen LogP contribution in [-0.2, 0) is 24.1 Å². The average molecular weight is 310 g/mol. The fraction of sp³-hybridized carbons (Fsp3) is 0.278. The van der Waals surface area contributed by atoms with Crippen molar-refractivity contribution in [2.45, 2.75) is 31.7 Å². The van der Waals surface area contributed by atoms with Crippen LogP contribution in [0.1, 0.15) is 22.6 Å². The molecule has 0 fully saturated rings. The number of amides is 1. The topological polar surface area (TPSA) is 44.9 Å². The van der Waals surface area contributed by atoms with Crippen LogP contribution in [0.2, 0.25) is 0 Å². The predicted octanol–water partition coefficient (Wildman–Crippen LogP) is 3.45. The van der Waals surface area contributed by atoms with Crippen molar-refractivity contribution < 1.29 is 4.79 Å². The van der Waals surface area contributed by atoms with Crippen LogP contribution >= 0.6 is 11.3 Å². The van der Waals surface area contributed by atoms with Gasteiger partial charge in [-0.1, -0.05) is 24.3 Å². The molecule has 1 unspecified atom stereocenters. The SMILES string of the molecule is O=C(Cc1cccs1)NC1CCc2c([nH]c3ccccc23)C1. The number of aromatic nitrogens is 1. The minimum Gasteiger partial charge on any atom is -0.358 e. The number of H-pyrrole nitrogens is 1. The number of fused-ring (bicyclic) bond motifs is 3. The standard InChI is InChI=1S/C18H18N2OS/c21-18(11-13-4-3-9-22-13)19-12-7-8-15-14-5-1-2-6-16(14)20-17(15)10-12/h1-6,9,12,20H,7-8,10-11H2,(H,19,21). The molecule has 22 heavy (non-hydrogen) atoms. The Balaban J connectivity index is 1.46. The third-order valence-electron chi connectivity index (χ3n) is 4.38. The van der Waals surface area contributed by atoms with Gasteiger partial charge in [0.1, 0.15) is 0 Å². The Labute approximate surface area is 133 Å². The van der Waals surface area contributed by atoms with Crippen LogP contribution in [0.25, 0.3) is 10.9 Å². The number of hydrogen-bond acceptors (Lipinski definition) is 2. The molecule has 2 heterocycles. The number of para-hydroxylation sites is 1. The molecule has 4 rings (SSSR count). The second-order valence-electron chi connectivity index (χ2n) is 5.89. The van der Waals surface area contributed by atoms with E-state index in [4.69, 9.17) is 0 Å². The second-order valence-corrected chi connectivity index (χ2v) is 6.92. The molecule has 1 amide bonds. The first-order valence-corrected chi connectivity index (χ1v) is 8.58. The van der Waals surface area contributed by atoms with Gasteiger partial charge in [-0.05, 0) is 35.9 Å². The molecule has 1 aliphatic rings. The zero-order chi connectivity index (χ0) is 14.9. The van der Waals surface area contributed by atoms with Gasteiger partial charge in [0.05, 0.1) is 6.42 Å². The lowest BCUT2D eigenvalue weighted by Gasteiger charge is -2.23. The highest BCUT2D eigenvalue weighted by atomic mass is 32.1. The van der Waals surface area contributed by atoms with Gasteiger partial charge in [0.15, 0.2) is 0 Å². The van der Waals surface area contributed by atoms with E-state index in [2.05, 4.69) is 34.6 Å². The number of rotatable bonds is 3. The smallest absolute Gasteiger partial charge is 0.225 e. The van der Waals surface area contributed by atoms with Gasteiger partial charge in [-0.2, -0.15) is 0 Å². The second kappa shape index (κ2) is 5.61. The normalized spacial score (nSPS) is 17.4. The zero-order valence-electron chi connectivity index (χ0n) is 12.3. The third-order valence-corrected chi connectivity index (χ3v) is 5.25. The highest BCUT2D eigenvalue weighted by Crippen LogP contribution is 2.29. The van der Waals surface area contributed by atoms with Crippen LogP contribution in [0.5, 0.6) is 0 Å². The summed E-state index contributed by atoms with van der Waals surface area (Å²) in [5, 5.41) is 6.54. The Morgan fingerprint density at radius 3 is 3.05 bits per heavy atom. The highest BCUT2D eigenvalue weighted by molar-refractivity contribution is 7.10. The van der Waals surface area contributed by atoms with Gasteiger partial charge in [-0.3, -0.25) is 4.79 Å². The lowest BCUT2D eigenvalue weighted by Crippen LogP contribution is -2.39. The fourth-order valence-electron chi connectivity index (χ4n) is 3.36. The van der Waals surface area contributed by atoms with Gasteiger partial charge in [0.25, 0.3) is 0 Å². The van der Waals surface area contributed by atoms with E-state index >= 15 is 0 Å². The largest absolute Gasteiger partial charge is 0.358 e. The highest BCUT2D eigenvalue weighted by Gasteiger charge is 2.23. The zero-order valence-corrected chi connectivity index (χ0v) is 13.1. The molecule has 1 aromatic carbocycles. The predicted molar refractivity (Wildman–Crippen MR) is 90.3 cm³/mol. The molecule has 1 atom stereocenters. The van der Waals surface area contributed by atoms with Crippen molar-refractivity contribution in [1.82, 2.24) is 10.3 Å². The van der Waals surface area contributed by atoms with E-state index < -0.39 is 0 Å². The summed E-state index contributed by atoms with van der Waals surface area (Å²) < 4.78 is 0. The van der Waals surface area contributed by atoms with Crippen LogP contribution in [-0.4, -0.2) is 16.9 Å². The fourth-order valence-corrected chi connectivity index (χ4v) is 4.06. The van der Waals surface area contributed by atoms with Gasteiger partial charge in [-0.15, -0.1) is 11.3 Å². The summed E-state index contributed by atoms with van der Waals surface area (Å²) in [5.41, 5.74) is 3.92. The van der Waals surface area contributed by atoms with E-state index in [1.807, 2.05) is 17.5 Å². The monoisotopic (exact) mass is 310 g/mol. The van der Waals surface area contributed by atoms with Crippen LogP contribution in [0.15, 0.2) is 41.8 Å². The van der Waals surface area contributed by atoms with Crippen molar-refractivity contribution >= 4 is 28.1 Å². The van der Waals surface area contributed by atoms with Crippen molar-refractivity contribution in [3.63, 3.8) is 0 Å². The van der Waals surface area contributed by atoms with Gasteiger partial charge in [-0.25, -0.2) is 0 Å². The Morgan fingerprint density at radius 2 is 2.18 bits per heavy atom. The summed E-state index contributed by atoms with van der Waals surface area (Å²) in [7, 11) is 0. The molecular weight excluding hydrogens is 292 g/mol. The van der Waals surface area contributed by atoms with E-state index in [-0.39, 0.29) is 11.9 Å².